The standard InChI is InChI=1S/C20H18N4O3/c1-24-15-11-13(3-4-16(15)26-12-17(24)25)18-22-19(23-27-18)20(7-2-8-20)14-5-9-21-10-6-14/h3-6,9-11H,2,7-8,12H2,1H3. The number of anilines is 1. The lowest BCUT2D eigenvalue weighted by Crippen LogP contribution is -2.36. The first kappa shape index (κ1) is 16.0. The number of ether oxygens (including phenoxy) is 1. The van der Waals surface area contributed by atoms with Crippen molar-refractivity contribution in [1.29, 1.82) is 0 Å². The van der Waals surface area contributed by atoms with Crippen LogP contribution in [-0.4, -0.2) is 34.7 Å². The molecular formula is C20H18N4O3. The van der Waals surface area contributed by atoms with Crippen molar-refractivity contribution in [2.45, 2.75) is 24.7 Å². The third-order valence-electron chi connectivity index (χ3n) is 5.59. The largest absolute Gasteiger partial charge is 0.482 e. The molecule has 2 aromatic heterocycles. The smallest absolute Gasteiger partial charge is 0.264 e. The Hall–Kier alpha value is -3.22. The predicted molar refractivity (Wildman–Crippen MR) is 97.5 cm³/mol. The molecule has 136 valence electrons. The summed E-state index contributed by atoms with van der Waals surface area (Å²) in [5.74, 6) is 1.73. The highest BCUT2D eigenvalue weighted by Crippen LogP contribution is 2.48. The van der Waals surface area contributed by atoms with E-state index in [2.05, 4.69) is 10.1 Å². The Morgan fingerprint density at radius 3 is 2.70 bits per heavy atom. The minimum absolute atomic E-state index is 0.0575. The summed E-state index contributed by atoms with van der Waals surface area (Å²) in [5.41, 5.74) is 2.44. The van der Waals surface area contributed by atoms with Gasteiger partial charge < -0.3 is 14.2 Å². The van der Waals surface area contributed by atoms with E-state index >= 15 is 0 Å². The number of aromatic nitrogens is 3. The number of hydrogen-bond acceptors (Lipinski definition) is 6. The highest BCUT2D eigenvalue weighted by atomic mass is 16.5. The average Bonchev–Trinajstić information content (AvgIpc) is 3.15. The molecule has 2 aliphatic rings. The summed E-state index contributed by atoms with van der Waals surface area (Å²) < 4.78 is 11.1. The third kappa shape index (κ3) is 2.42. The lowest BCUT2D eigenvalue weighted by Gasteiger charge is -2.39. The Bertz CT molecular complexity index is 1010. The van der Waals surface area contributed by atoms with Crippen molar-refractivity contribution in [3.63, 3.8) is 0 Å². The fourth-order valence-electron chi connectivity index (χ4n) is 3.78. The molecule has 1 aliphatic heterocycles. The van der Waals surface area contributed by atoms with Crippen LogP contribution >= 0.6 is 0 Å². The van der Waals surface area contributed by atoms with Gasteiger partial charge in [0.1, 0.15) is 5.75 Å². The van der Waals surface area contributed by atoms with E-state index in [0.29, 0.717) is 23.2 Å². The van der Waals surface area contributed by atoms with Crippen molar-refractivity contribution in [2.24, 2.45) is 0 Å². The number of hydrogen-bond donors (Lipinski definition) is 0. The van der Waals surface area contributed by atoms with E-state index in [4.69, 9.17) is 14.2 Å². The summed E-state index contributed by atoms with van der Waals surface area (Å²) in [6.07, 6.45) is 6.71. The molecular weight excluding hydrogens is 344 g/mol. The second-order valence-corrected chi connectivity index (χ2v) is 7.02. The van der Waals surface area contributed by atoms with E-state index in [1.165, 1.54) is 5.56 Å². The molecule has 1 fully saturated rings. The second-order valence-electron chi connectivity index (χ2n) is 7.02. The second kappa shape index (κ2) is 5.90. The minimum Gasteiger partial charge on any atom is -0.482 e. The lowest BCUT2D eigenvalue weighted by atomic mass is 9.64. The van der Waals surface area contributed by atoms with Crippen molar-refractivity contribution in [3.8, 4) is 17.2 Å². The molecule has 0 saturated heterocycles. The first-order chi connectivity index (χ1) is 13.2. The maximum atomic E-state index is 11.9. The Labute approximate surface area is 156 Å². The molecule has 0 spiro atoms. The zero-order valence-corrected chi connectivity index (χ0v) is 14.9. The van der Waals surface area contributed by atoms with E-state index in [9.17, 15) is 4.79 Å². The maximum absolute atomic E-state index is 11.9. The number of carbonyl (C=O) groups excluding carboxylic acids is 1. The molecule has 0 unspecified atom stereocenters. The van der Waals surface area contributed by atoms with Crippen LogP contribution in [0.15, 0.2) is 47.2 Å². The Kier molecular flexibility index (Phi) is 3.50. The van der Waals surface area contributed by atoms with Crippen LogP contribution in [0.5, 0.6) is 5.75 Å². The summed E-state index contributed by atoms with van der Waals surface area (Å²) in [5, 5.41) is 4.29. The molecule has 27 heavy (non-hydrogen) atoms. The molecule has 1 saturated carbocycles. The van der Waals surface area contributed by atoms with Gasteiger partial charge in [-0.25, -0.2) is 0 Å². The first-order valence-corrected chi connectivity index (χ1v) is 8.96. The van der Waals surface area contributed by atoms with E-state index in [1.54, 1.807) is 24.3 Å². The lowest BCUT2D eigenvalue weighted by molar-refractivity contribution is -0.120. The number of benzene rings is 1. The van der Waals surface area contributed by atoms with E-state index in [0.717, 1.165) is 24.8 Å². The quantitative estimate of drug-likeness (QED) is 0.712. The molecule has 0 atom stereocenters. The van der Waals surface area contributed by atoms with Gasteiger partial charge in [0.15, 0.2) is 12.4 Å². The van der Waals surface area contributed by atoms with Gasteiger partial charge in [0, 0.05) is 25.0 Å². The van der Waals surface area contributed by atoms with Crippen LogP contribution in [0.3, 0.4) is 0 Å². The van der Waals surface area contributed by atoms with Crippen molar-refractivity contribution in [2.75, 3.05) is 18.6 Å². The van der Waals surface area contributed by atoms with Crippen molar-refractivity contribution < 1.29 is 14.1 Å². The SMILES string of the molecule is CN1C(=O)COc2ccc(-c3nc(C4(c5ccncc5)CCC4)no3)cc21. The normalized spacial score (nSPS) is 17.8. The molecule has 5 rings (SSSR count). The number of pyridine rings is 1. The molecule has 7 heteroatoms. The minimum atomic E-state index is -0.200. The third-order valence-corrected chi connectivity index (χ3v) is 5.59. The molecule has 0 radical (unpaired) electrons. The predicted octanol–water partition coefficient (Wildman–Crippen LogP) is 2.96. The summed E-state index contributed by atoms with van der Waals surface area (Å²) in [4.78, 5) is 22.3. The van der Waals surface area contributed by atoms with Gasteiger partial charge in [-0.3, -0.25) is 9.78 Å². The molecule has 7 nitrogen and oxygen atoms in total. The number of nitrogens with zero attached hydrogens (tertiary/aromatic N) is 4. The topological polar surface area (TPSA) is 81.4 Å². The Morgan fingerprint density at radius 2 is 1.96 bits per heavy atom. The molecule has 1 aromatic carbocycles. The average molecular weight is 362 g/mol. The number of amides is 1. The summed E-state index contributed by atoms with van der Waals surface area (Å²) in [6, 6.07) is 9.60. The number of fused-ring (bicyclic) bond motifs is 1. The van der Waals surface area contributed by atoms with Crippen LogP contribution in [0.25, 0.3) is 11.5 Å². The van der Waals surface area contributed by atoms with Crippen molar-refractivity contribution >= 4 is 11.6 Å². The molecule has 0 bridgehead atoms. The van der Waals surface area contributed by atoms with E-state index in [-0.39, 0.29) is 17.9 Å². The molecule has 1 aliphatic carbocycles. The van der Waals surface area contributed by atoms with Crippen molar-refractivity contribution in [3.05, 3.63) is 54.1 Å². The van der Waals surface area contributed by atoms with Crippen LogP contribution in [0.2, 0.25) is 0 Å². The Balaban J connectivity index is 1.52. The zero-order chi connectivity index (χ0) is 18.4. The highest BCUT2D eigenvalue weighted by molar-refractivity contribution is 5.97. The van der Waals surface area contributed by atoms with Gasteiger partial charge >= 0.3 is 0 Å². The first-order valence-electron chi connectivity index (χ1n) is 8.96. The van der Waals surface area contributed by atoms with Crippen LogP contribution in [0.1, 0.15) is 30.7 Å². The van der Waals surface area contributed by atoms with E-state index in [1.807, 2.05) is 30.3 Å². The van der Waals surface area contributed by atoms with Crippen LogP contribution < -0.4 is 9.64 Å². The highest BCUT2D eigenvalue weighted by Gasteiger charge is 2.44. The number of carbonyl (C=O) groups is 1. The maximum Gasteiger partial charge on any atom is 0.264 e. The van der Waals surface area contributed by atoms with Gasteiger partial charge in [0.25, 0.3) is 11.8 Å². The summed E-state index contributed by atoms with van der Waals surface area (Å²) in [6.45, 7) is 0.0575. The molecule has 0 N–H and O–H groups in total. The molecule has 3 aromatic rings. The fourth-order valence-corrected chi connectivity index (χ4v) is 3.78. The zero-order valence-electron chi connectivity index (χ0n) is 14.9. The molecule has 1 amide bonds. The van der Waals surface area contributed by atoms with Crippen LogP contribution in [-0.2, 0) is 10.2 Å². The van der Waals surface area contributed by atoms with Gasteiger partial charge in [-0.15, -0.1) is 0 Å². The molecule has 3 heterocycles. The summed E-state index contributed by atoms with van der Waals surface area (Å²) >= 11 is 0. The van der Waals surface area contributed by atoms with Crippen LogP contribution in [0, 0.1) is 0 Å². The van der Waals surface area contributed by atoms with Gasteiger partial charge in [0.05, 0.1) is 11.1 Å². The van der Waals surface area contributed by atoms with Gasteiger partial charge in [-0.1, -0.05) is 11.6 Å². The number of rotatable bonds is 3. The van der Waals surface area contributed by atoms with Gasteiger partial charge in [-0.05, 0) is 48.7 Å². The summed E-state index contributed by atoms with van der Waals surface area (Å²) in [7, 11) is 1.74. The Morgan fingerprint density at radius 1 is 1.15 bits per heavy atom. The monoisotopic (exact) mass is 362 g/mol. The van der Waals surface area contributed by atoms with Gasteiger partial charge in [0.2, 0.25) is 0 Å². The van der Waals surface area contributed by atoms with Crippen molar-refractivity contribution in [1.82, 2.24) is 15.1 Å². The number of likely N-dealkylation sites (N-methyl/N-ethyl adjacent to an activating group) is 1. The van der Waals surface area contributed by atoms with Gasteiger partial charge in [-0.2, -0.15) is 4.98 Å². The van der Waals surface area contributed by atoms with E-state index < -0.39 is 0 Å². The van der Waals surface area contributed by atoms with Crippen LogP contribution in [0.4, 0.5) is 5.69 Å². The fraction of sp³-hybridized carbons (Fsp3) is 0.300.